The fourth-order valence-electron chi connectivity index (χ4n) is 2.85. The van der Waals surface area contributed by atoms with Gasteiger partial charge >= 0.3 is 5.97 Å². The van der Waals surface area contributed by atoms with Crippen LogP contribution in [0.15, 0.2) is 10.5 Å². The van der Waals surface area contributed by atoms with E-state index in [2.05, 4.69) is 15.9 Å². The van der Waals surface area contributed by atoms with E-state index in [9.17, 15) is 15.0 Å². The molecule has 1 aromatic rings. The standard InChI is InChI=1S/C17H23BrO5/c1-9-7-12-14(15(18)16(9)20)11(5-6-22-10(2)19)8-13(23-12)17(3,4)21/h7,11,13,20-21H,5-6,8H2,1-4H3. The number of carbonyl (C=O) groups is 1. The van der Waals surface area contributed by atoms with Gasteiger partial charge < -0.3 is 19.7 Å². The van der Waals surface area contributed by atoms with Gasteiger partial charge in [-0.3, -0.25) is 4.79 Å². The lowest BCUT2D eigenvalue weighted by Gasteiger charge is -2.39. The summed E-state index contributed by atoms with van der Waals surface area (Å²) in [5.74, 6) is 0.530. The zero-order chi connectivity index (χ0) is 17.4. The molecule has 0 aliphatic carbocycles. The minimum Gasteiger partial charge on any atom is -0.506 e. The molecule has 0 saturated heterocycles. The van der Waals surface area contributed by atoms with Crippen LogP contribution in [-0.2, 0) is 9.53 Å². The van der Waals surface area contributed by atoms with E-state index in [1.807, 2.05) is 0 Å². The SMILES string of the molecule is CC(=O)OCCC1CC(C(C)(C)O)Oc2cc(C)c(O)c(Br)c21. The van der Waals surface area contributed by atoms with Crippen molar-refractivity contribution in [1.82, 2.24) is 0 Å². The van der Waals surface area contributed by atoms with Gasteiger partial charge in [-0.15, -0.1) is 0 Å². The predicted octanol–water partition coefficient (Wildman–Crippen LogP) is 3.42. The first-order valence-electron chi connectivity index (χ1n) is 7.65. The summed E-state index contributed by atoms with van der Waals surface area (Å²) in [6.07, 6.45) is 0.816. The molecule has 2 N–H and O–H groups in total. The molecule has 1 heterocycles. The average molecular weight is 387 g/mol. The summed E-state index contributed by atoms with van der Waals surface area (Å²) >= 11 is 3.45. The summed E-state index contributed by atoms with van der Waals surface area (Å²) in [5, 5.41) is 20.5. The molecule has 0 spiro atoms. The van der Waals surface area contributed by atoms with Crippen molar-refractivity contribution in [3.63, 3.8) is 0 Å². The van der Waals surface area contributed by atoms with Gasteiger partial charge in [-0.25, -0.2) is 0 Å². The van der Waals surface area contributed by atoms with Gasteiger partial charge in [0.25, 0.3) is 0 Å². The fourth-order valence-corrected chi connectivity index (χ4v) is 3.68. The molecule has 0 fully saturated rings. The number of fused-ring (bicyclic) bond motifs is 1. The van der Waals surface area contributed by atoms with E-state index in [1.54, 1.807) is 26.8 Å². The molecular formula is C17H23BrO5. The molecule has 5 nitrogen and oxygen atoms in total. The highest BCUT2D eigenvalue weighted by Gasteiger charge is 2.38. The lowest BCUT2D eigenvalue weighted by atomic mass is 9.82. The van der Waals surface area contributed by atoms with Crippen molar-refractivity contribution in [1.29, 1.82) is 0 Å². The Morgan fingerprint density at radius 1 is 1.52 bits per heavy atom. The molecule has 0 aromatic heterocycles. The van der Waals surface area contributed by atoms with Gasteiger partial charge in [-0.1, -0.05) is 0 Å². The lowest BCUT2D eigenvalue weighted by Crippen LogP contribution is -2.43. The number of halogens is 1. The Bertz CT molecular complexity index is 606. The van der Waals surface area contributed by atoms with Gasteiger partial charge in [-0.05, 0) is 67.1 Å². The second kappa shape index (κ2) is 6.69. The molecule has 0 amide bonds. The second-order valence-corrected chi connectivity index (χ2v) is 7.38. The third-order valence-electron chi connectivity index (χ3n) is 4.17. The summed E-state index contributed by atoms with van der Waals surface area (Å²) in [4.78, 5) is 11.0. The van der Waals surface area contributed by atoms with Gasteiger partial charge in [0.15, 0.2) is 0 Å². The number of aliphatic hydroxyl groups is 1. The van der Waals surface area contributed by atoms with Crippen LogP contribution in [0.3, 0.4) is 0 Å². The molecule has 1 aromatic carbocycles. The molecule has 6 heteroatoms. The maximum Gasteiger partial charge on any atom is 0.302 e. The zero-order valence-corrected chi connectivity index (χ0v) is 15.4. The Labute approximate surface area is 144 Å². The van der Waals surface area contributed by atoms with Crippen LogP contribution in [0.25, 0.3) is 0 Å². The van der Waals surface area contributed by atoms with Crippen molar-refractivity contribution in [3.8, 4) is 11.5 Å². The minimum absolute atomic E-state index is 0.00963. The van der Waals surface area contributed by atoms with E-state index in [4.69, 9.17) is 9.47 Å². The summed E-state index contributed by atoms with van der Waals surface area (Å²) in [6, 6.07) is 1.78. The molecule has 1 aliphatic rings. The molecule has 23 heavy (non-hydrogen) atoms. The smallest absolute Gasteiger partial charge is 0.302 e. The largest absolute Gasteiger partial charge is 0.506 e. The van der Waals surface area contributed by atoms with E-state index in [0.29, 0.717) is 35.2 Å². The van der Waals surface area contributed by atoms with Crippen LogP contribution in [0, 0.1) is 6.92 Å². The number of carbonyl (C=O) groups excluding carboxylic acids is 1. The first kappa shape index (κ1) is 18.1. The molecular weight excluding hydrogens is 364 g/mol. The molecule has 128 valence electrons. The molecule has 2 unspecified atom stereocenters. The highest BCUT2D eigenvalue weighted by Crippen LogP contribution is 2.48. The Morgan fingerprint density at radius 3 is 2.74 bits per heavy atom. The number of hydrogen-bond acceptors (Lipinski definition) is 5. The average Bonchev–Trinajstić information content (AvgIpc) is 2.42. The minimum atomic E-state index is -0.990. The maximum atomic E-state index is 11.0. The Morgan fingerprint density at radius 2 is 2.17 bits per heavy atom. The predicted molar refractivity (Wildman–Crippen MR) is 89.9 cm³/mol. The first-order chi connectivity index (χ1) is 10.6. The number of benzene rings is 1. The Kier molecular flexibility index (Phi) is 5.26. The molecule has 0 radical (unpaired) electrons. The zero-order valence-electron chi connectivity index (χ0n) is 13.9. The number of ether oxygens (including phenoxy) is 2. The summed E-state index contributed by atoms with van der Waals surface area (Å²) in [6.45, 7) is 6.90. The molecule has 1 aliphatic heterocycles. The van der Waals surface area contributed by atoms with Crippen LogP contribution in [0.1, 0.15) is 50.7 Å². The van der Waals surface area contributed by atoms with Gasteiger partial charge in [-0.2, -0.15) is 0 Å². The van der Waals surface area contributed by atoms with Gasteiger partial charge in [0.2, 0.25) is 0 Å². The third kappa shape index (κ3) is 3.98. The monoisotopic (exact) mass is 386 g/mol. The van der Waals surface area contributed by atoms with Gasteiger partial charge in [0.1, 0.15) is 17.6 Å². The summed E-state index contributed by atoms with van der Waals surface area (Å²) < 4.78 is 11.6. The van der Waals surface area contributed by atoms with Crippen molar-refractivity contribution in [2.24, 2.45) is 0 Å². The second-order valence-electron chi connectivity index (χ2n) is 6.59. The van der Waals surface area contributed by atoms with Gasteiger partial charge in [0.05, 0.1) is 16.7 Å². The topological polar surface area (TPSA) is 76.0 Å². The van der Waals surface area contributed by atoms with Crippen molar-refractivity contribution >= 4 is 21.9 Å². The first-order valence-corrected chi connectivity index (χ1v) is 8.45. The van der Waals surface area contributed by atoms with E-state index in [1.165, 1.54) is 6.92 Å². The van der Waals surface area contributed by atoms with Crippen molar-refractivity contribution < 1.29 is 24.5 Å². The summed E-state index contributed by atoms with van der Waals surface area (Å²) in [7, 11) is 0. The van der Waals surface area contributed by atoms with Crippen LogP contribution in [0.2, 0.25) is 0 Å². The fraction of sp³-hybridized carbons (Fsp3) is 0.588. The number of hydrogen-bond donors (Lipinski definition) is 2. The molecule has 0 saturated carbocycles. The maximum absolute atomic E-state index is 11.0. The summed E-state index contributed by atoms with van der Waals surface area (Å²) in [5.41, 5.74) is 0.571. The number of phenolic OH excluding ortho intramolecular Hbond substituents is 1. The van der Waals surface area contributed by atoms with E-state index in [0.717, 1.165) is 5.56 Å². The molecule has 2 rings (SSSR count). The Hall–Kier alpha value is -1.27. The number of rotatable bonds is 4. The number of phenols is 1. The van der Waals surface area contributed by atoms with Crippen molar-refractivity contribution in [2.45, 2.75) is 58.2 Å². The van der Waals surface area contributed by atoms with Crippen LogP contribution in [0.5, 0.6) is 11.5 Å². The van der Waals surface area contributed by atoms with Crippen LogP contribution >= 0.6 is 15.9 Å². The van der Waals surface area contributed by atoms with Crippen LogP contribution < -0.4 is 4.74 Å². The number of aryl methyl sites for hydroxylation is 1. The van der Waals surface area contributed by atoms with E-state index in [-0.39, 0.29) is 23.7 Å². The normalized spacial score (nSPS) is 20.6. The van der Waals surface area contributed by atoms with Crippen LogP contribution in [-0.4, -0.2) is 34.5 Å². The third-order valence-corrected chi connectivity index (χ3v) is 4.97. The van der Waals surface area contributed by atoms with Gasteiger partial charge in [0, 0.05) is 12.5 Å². The van der Waals surface area contributed by atoms with Crippen LogP contribution in [0.4, 0.5) is 0 Å². The number of esters is 1. The highest BCUT2D eigenvalue weighted by atomic mass is 79.9. The highest BCUT2D eigenvalue weighted by molar-refractivity contribution is 9.10. The molecule has 2 atom stereocenters. The van der Waals surface area contributed by atoms with Crippen molar-refractivity contribution in [3.05, 3.63) is 21.7 Å². The Balaban J connectivity index is 2.37. The lowest BCUT2D eigenvalue weighted by molar-refractivity contribution is -0.141. The molecule has 0 bridgehead atoms. The van der Waals surface area contributed by atoms with E-state index < -0.39 is 5.60 Å². The van der Waals surface area contributed by atoms with Crippen molar-refractivity contribution in [2.75, 3.05) is 6.61 Å². The quantitative estimate of drug-likeness (QED) is 0.775. The number of aromatic hydroxyl groups is 1. The van der Waals surface area contributed by atoms with E-state index >= 15 is 0 Å².